The Morgan fingerprint density at radius 3 is 2.54 bits per heavy atom. The van der Waals surface area contributed by atoms with Gasteiger partial charge in [-0.25, -0.2) is 32.2 Å². The second kappa shape index (κ2) is 10.7. The van der Waals surface area contributed by atoms with E-state index in [4.69, 9.17) is 9.47 Å². The molecule has 0 aliphatic carbocycles. The molecule has 1 aromatic carbocycles. The maximum atomic E-state index is 13.4. The van der Waals surface area contributed by atoms with Crippen molar-refractivity contribution in [3.05, 3.63) is 54.0 Å². The first-order valence-corrected chi connectivity index (χ1v) is 12.6. The molecule has 0 spiro atoms. The highest BCUT2D eigenvalue weighted by atomic mass is 32.2. The van der Waals surface area contributed by atoms with Crippen molar-refractivity contribution in [2.24, 2.45) is 0 Å². The molecule has 192 valence electrons. The molecule has 3 heterocycles. The highest BCUT2D eigenvalue weighted by Gasteiger charge is 2.19. The van der Waals surface area contributed by atoms with Crippen molar-refractivity contribution in [3.8, 4) is 11.8 Å². The van der Waals surface area contributed by atoms with Crippen LogP contribution < -0.4 is 15.4 Å². The zero-order valence-corrected chi connectivity index (χ0v) is 20.4. The first-order valence-electron chi connectivity index (χ1n) is 10.7. The van der Waals surface area contributed by atoms with Gasteiger partial charge in [0, 0.05) is 19.4 Å². The standard InChI is InChI=1S/C23H21F2N7O4S/c1-35-9-10-36-16-7-8-18(28-15(16)12-26)29-19-11-14(20-22(30-19)32-23(31-20)21(24)25)27-13-5-3-4-6-17(13)37(2,33)34/h3-8,11,21H,9-10H2,1-2H3,(H3,27,28,29,30,31,32). The van der Waals surface area contributed by atoms with Crippen LogP contribution in [0.1, 0.15) is 17.9 Å². The Morgan fingerprint density at radius 2 is 1.84 bits per heavy atom. The van der Waals surface area contributed by atoms with Gasteiger partial charge in [-0.3, -0.25) is 0 Å². The van der Waals surface area contributed by atoms with Crippen LogP contribution in [-0.4, -0.2) is 54.9 Å². The fourth-order valence-electron chi connectivity index (χ4n) is 3.39. The van der Waals surface area contributed by atoms with Gasteiger partial charge in [-0.2, -0.15) is 5.26 Å². The Balaban J connectivity index is 1.73. The van der Waals surface area contributed by atoms with Crippen LogP contribution in [0.15, 0.2) is 47.4 Å². The summed E-state index contributed by atoms with van der Waals surface area (Å²) in [5.74, 6) is 0.0734. The number of alkyl halides is 2. The van der Waals surface area contributed by atoms with Gasteiger partial charge in [-0.15, -0.1) is 0 Å². The van der Waals surface area contributed by atoms with Crippen LogP contribution in [0, 0.1) is 11.3 Å². The number of aromatic amines is 1. The van der Waals surface area contributed by atoms with Crippen molar-refractivity contribution in [2.45, 2.75) is 11.3 Å². The van der Waals surface area contributed by atoms with Crippen LogP contribution in [0.5, 0.6) is 5.75 Å². The van der Waals surface area contributed by atoms with Gasteiger partial charge in [0.15, 0.2) is 32.8 Å². The number of halogens is 2. The van der Waals surface area contributed by atoms with Gasteiger partial charge in [-0.1, -0.05) is 12.1 Å². The van der Waals surface area contributed by atoms with E-state index >= 15 is 0 Å². The van der Waals surface area contributed by atoms with E-state index in [0.717, 1.165) is 6.26 Å². The minimum absolute atomic E-state index is 0.0171. The molecule has 4 rings (SSSR count). The zero-order chi connectivity index (χ0) is 26.6. The average molecular weight is 530 g/mol. The van der Waals surface area contributed by atoms with E-state index in [0.29, 0.717) is 6.61 Å². The number of sulfone groups is 1. The lowest BCUT2D eigenvalue weighted by Crippen LogP contribution is -2.07. The lowest BCUT2D eigenvalue weighted by atomic mass is 10.2. The third kappa shape index (κ3) is 5.90. The van der Waals surface area contributed by atoms with Crippen LogP contribution in [0.2, 0.25) is 0 Å². The molecule has 0 aliphatic heterocycles. The molecule has 4 aromatic rings. The molecule has 0 amide bonds. The first kappa shape index (κ1) is 25.7. The predicted molar refractivity (Wildman–Crippen MR) is 131 cm³/mol. The number of pyridine rings is 2. The Kier molecular flexibility index (Phi) is 7.46. The molecule has 3 aromatic heterocycles. The van der Waals surface area contributed by atoms with Gasteiger partial charge < -0.3 is 25.1 Å². The number of fused-ring (bicyclic) bond motifs is 1. The summed E-state index contributed by atoms with van der Waals surface area (Å²) in [7, 11) is -2.07. The van der Waals surface area contributed by atoms with Crippen molar-refractivity contribution in [1.82, 2.24) is 19.9 Å². The maximum absolute atomic E-state index is 13.4. The molecule has 0 saturated carbocycles. The average Bonchev–Trinajstić information content (AvgIpc) is 3.29. The summed E-state index contributed by atoms with van der Waals surface area (Å²) in [4.78, 5) is 14.9. The summed E-state index contributed by atoms with van der Waals surface area (Å²) in [6.07, 6.45) is -1.82. The topological polar surface area (TPSA) is 155 Å². The highest BCUT2D eigenvalue weighted by molar-refractivity contribution is 7.90. The Morgan fingerprint density at radius 1 is 1.05 bits per heavy atom. The summed E-state index contributed by atoms with van der Waals surface area (Å²) in [6, 6.07) is 12.7. The number of methoxy groups -OCH3 is 1. The highest BCUT2D eigenvalue weighted by Crippen LogP contribution is 2.32. The van der Waals surface area contributed by atoms with Crippen molar-refractivity contribution in [1.29, 1.82) is 5.26 Å². The summed E-state index contributed by atoms with van der Waals surface area (Å²) in [5.41, 5.74) is 0.569. The number of para-hydroxylation sites is 1. The van der Waals surface area contributed by atoms with Gasteiger partial charge in [0.1, 0.15) is 29.8 Å². The lowest BCUT2D eigenvalue weighted by Gasteiger charge is -2.13. The van der Waals surface area contributed by atoms with Crippen LogP contribution >= 0.6 is 0 Å². The molecule has 11 nitrogen and oxygen atoms in total. The number of anilines is 4. The van der Waals surface area contributed by atoms with Gasteiger partial charge >= 0.3 is 0 Å². The van der Waals surface area contributed by atoms with E-state index in [2.05, 4.69) is 30.6 Å². The molecule has 37 heavy (non-hydrogen) atoms. The molecular formula is C23H21F2N7O4S. The molecule has 0 unspecified atom stereocenters. The molecule has 0 radical (unpaired) electrons. The van der Waals surface area contributed by atoms with Crippen LogP contribution in [0.3, 0.4) is 0 Å². The van der Waals surface area contributed by atoms with Crippen LogP contribution in [0.4, 0.5) is 31.8 Å². The number of hydrogen-bond acceptors (Lipinski definition) is 10. The third-order valence-electron chi connectivity index (χ3n) is 5.00. The number of hydrogen-bond donors (Lipinski definition) is 3. The summed E-state index contributed by atoms with van der Waals surface area (Å²) < 4.78 is 61.6. The van der Waals surface area contributed by atoms with Crippen molar-refractivity contribution >= 4 is 44.0 Å². The predicted octanol–water partition coefficient (Wildman–Crippen LogP) is 4.08. The van der Waals surface area contributed by atoms with Crippen LogP contribution in [0.25, 0.3) is 11.2 Å². The number of nitriles is 1. The van der Waals surface area contributed by atoms with E-state index in [1.807, 2.05) is 6.07 Å². The molecule has 14 heteroatoms. The summed E-state index contributed by atoms with van der Waals surface area (Å²) >= 11 is 0. The molecule has 0 saturated heterocycles. The summed E-state index contributed by atoms with van der Waals surface area (Å²) in [5, 5.41) is 15.3. The third-order valence-corrected chi connectivity index (χ3v) is 6.15. The smallest absolute Gasteiger partial charge is 0.295 e. The van der Waals surface area contributed by atoms with Crippen molar-refractivity contribution < 1.29 is 26.7 Å². The minimum atomic E-state index is -3.60. The van der Waals surface area contributed by atoms with Crippen molar-refractivity contribution in [3.63, 3.8) is 0 Å². The molecule has 0 fully saturated rings. The first-order chi connectivity index (χ1) is 17.7. The Labute approximate surface area is 210 Å². The number of benzene rings is 1. The monoisotopic (exact) mass is 529 g/mol. The second-order valence-corrected chi connectivity index (χ2v) is 9.67. The normalized spacial score (nSPS) is 11.5. The van der Waals surface area contributed by atoms with Crippen molar-refractivity contribution in [2.75, 3.05) is 37.2 Å². The number of ether oxygens (including phenoxy) is 2. The number of aromatic nitrogens is 4. The molecular weight excluding hydrogens is 508 g/mol. The van der Waals surface area contributed by atoms with Gasteiger partial charge in [0.25, 0.3) is 6.43 Å². The molecule has 3 N–H and O–H groups in total. The molecule has 0 bridgehead atoms. The fraction of sp³-hybridized carbons (Fsp3) is 0.217. The maximum Gasteiger partial charge on any atom is 0.295 e. The number of nitrogens with one attached hydrogen (secondary N) is 3. The second-order valence-electron chi connectivity index (χ2n) is 7.69. The number of nitrogens with zero attached hydrogens (tertiary/aromatic N) is 4. The summed E-state index contributed by atoms with van der Waals surface area (Å²) in [6.45, 7) is 0.561. The van der Waals surface area contributed by atoms with E-state index in [1.54, 1.807) is 30.3 Å². The fourth-order valence-corrected chi connectivity index (χ4v) is 4.23. The quantitative estimate of drug-likeness (QED) is 0.256. The van der Waals surface area contributed by atoms with Gasteiger partial charge in [0.05, 0.1) is 22.9 Å². The lowest BCUT2D eigenvalue weighted by molar-refractivity contribution is 0.142. The Bertz CT molecular complexity index is 1590. The van der Waals surface area contributed by atoms with Gasteiger partial charge in [-0.05, 0) is 24.3 Å². The molecule has 0 atom stereocenters. The number of imidazole rings is 1. The molecule has 0 aliphatic rings. The SMILES string of the molecule is COCCOc1ccc(Nc2cc(Nc3ccccc3S(C)(=O)=O)c3nc(C(F)F)[nH]c3n2)nc1C#N. The van der Waals surface area contributed by atoms with E-state index in [-0.39, 0.29) is 57.1 Å². The van der Waals surface area contributed by atoms with E-state index in [9.17, 15) is 22.5 Å². The van der Waals surface area contributed by atoms with Crippen LogP contribution in [-0.2, 0) is 14.6 Å². The minimum Gasteiger partial charge on any atom is -0.488 e. The largest absolute Gasteiger partial charge is 0.488 e. The number of H-pyrrole nitrogens is 1. The van der Waals surface area contributed by atoms with E-state index < -0.39 is 22.1 Å². The Hall–Kier alpha value is -4.35. The van der Waals surface area contributed by atoms with Gasteiger partial charge in [0.2, 0.25) is 0 Å². The van der Waals surface area contributed by atoms with E-state index in [1.165, 1.54) is 19.2 Å². The number of rotatable bonds is 10. The zero-order valence-electron chi connectivity index (χ0n) is 19.6.